The molecule has 2 aliphatic heterocycles. The number of carbonyl (C=O) groups is 2. The molecule has 0 saturated carbocycles. The van der Waals surface area contributed by atoms with Crippen LogP contribution in [-0.2, 0) is 42.7 Å². The first-order chi connectivity index (χ1) is 31.7. The van der Waals surface area contributed by atoms with Crippen LogP contribution in [0.4, 0.5) is 0 Å². The lowest BCUT2D eigenvalue weighted by atomic mass is 9.72. The van der Waals surface area contributed by atoms with Gasteiger partial charge in [0.15, 0.2) is 5.78 Å². The first-order valence-corrected chi connectivity index (χ1v) is 28.0. The molecule has 68 heavy (non-hydrogen) atoms. The maximum Gasteiger partial charge on any atom is 0.490 e. The van der Waals surface area contributed by atoms with E-state index in [4.69, 9.17) is 28.5 Å². The predicted octanol–water partition coefficient (Wildman–Crippen LogP) is 6.78. The Balaban J connectivity index is 1.11. The monoisotopic (exact) mass is 1050 g/mol. The van der Waals surface area contributed by atoms with E-state index in [1.165, 1.54) is 40.8 Å². The Kier molecular flexibility index (Phi) is 17.0. The highest BCUT2D eigenvalue weighted by molar-refractivity contribution is 8.77. The van der Waals surface area contributed by atoms with E-state index in [2.05, 4.69) is 38.0 Å². The number of hydrogen-bond donors (Lipinski definition) is 7. The number of aryl methyl sites for hydroxylation is 3. The molecule has 7 N–H and O–H groups in total. The van der Waals surface area contributed by atoms with Crippen LogP contribution in [0.3, 0.4) is 0 Å². The summed E-state index contributed by atoms with van der Waals surface area (Å²) in [6, 6.07) is 8.91. The number of aromatic nitrogens is 2. The van der Waals surface area contributed by atoms with Gasteiger partial charge in [0.2, 0.25) is 0 Å². The molecular weight excluding hydrogens is 992 g/mol. The number of benzene rings is 2. The number of phosphoric acid groups is 3. The van der Waals surface area contributed by atoms with Crippen molar-refractivity contribution in [1.29, 1.82) is 0 Å². The van der Waals surface area contributed by atoms with Gasteiger partial charge in [-0.2, -0.15) is 8.62 Å². The number of nitrogens with zero attached hydrogens (tertiary/aromatic N) is 1. The standard InChI is InChI=1S/C42H54N3O18P3S2/c1-8-25-16-33-29(13-22(25)2)38(30-14-23(3)31(43-7)17-34(30)60-33)27-10-9-26(15-28(27)40(48)49)32(46)11-12-42(5,6)68-67-21-58-35-18-37(45-19-24(4)39(47)44-41(45)50)61-36(35)20-59-65(54,55)63-66(56,57)62-64(51,52)53/h9-10,13-17,19,30-31,35-38,43H,8,11-12,18,20-21H2,1-7H3,(H,48,49)(H,54,55)(H,56,57)(H,44,47,50)(H2,51,52,53)/t30?,31?,35?,36-,37-,38?/m1/s1. The lowest BCUT2D eigenvalue weighted by molar-refractivity contribution is -0.0543. The molecule has 26 heteroatoms. The Morgan fingerprint density at radius 3 is 2.37 bits per heavy atom. The van der Waals surface area contributed by atoms with Crippen LogP contribution in [0.5, 0.6) is 5.75 Å². The number of H-pyrrole nitrogens is 1. The second-order valence-electron chi connectivity index (χ2n) is 17.1. The number of ketones is 1. The second-order valence-corrected chi connectivity index (χ2v) is 24.4. The fourth-order valence-corrected chi connectivity index (χ4v) is 13.6. The number of ether oxygens (including phenoxy) is 3. The van der Waals surface area contributed by atoms with Crippen molar-refractivity contribution in [1.82, 2.24) is 14.9 Å². The van der Waals surface area contributed by atoms with Crippen LogP contribution in [0.1, 0.15) is 108 Å². The third kappa shape index (κ3) is 13.3. The molecule has 1 aliphatic carbocycles. The number of phosphoric ester groups is 1. The number of carboxylic acid groups (broad SMARTS) is 1. The molecule has 0 bridgehead atoms. The summed E-state index contributed by atoms with van der Waals surface area (Å²) in [5.41, 5.74) is 3.68. The van der Waals surface area contributed by atoms with Gasteiger partial charge in [-0.1, -0.05) is 58.4 Å². The Morgan fingerprint density at radius 1 is 0.985 bits per heavy atom. The second kappa shape index (κ2) is 21.5. The van der Waals surface area contributed by atoms with Crippen molar-refractivity contribution < 1.29 is 75.3 Å². The van der Waals surface area contributed by atoms with Gasteiger partial charge in [-0.15, -0.1) is 0 Å². The molecule has 3 aliphatic rings. The maximum absolute atomic E-state index is 13.8. The molecule has 1 fully saturated rings. The van der Waals surface area contributed by atoms with Crippen molar-refractivity contribution in [2.45, 2.75) is 102 Å². The van der Waals surface area contributed by atoms with Crippen LogP contribution in [0.15, 0.2) is 69.6 Å². The zero-order chi connectivity index (χ0) is 50.1. The van der Waals surface area contributed by atoms with Crippen LogP contribution in [-0.4, -0.2) is 88.6 Å². The fraction of sp³-hybridized carbons (Fsp3) is 0.476. The van der Waals surface area contributed by atoms with E-state index in [0.29, 0.717) is 17.7 Å². The summed E-state index contributed by atoms with van der Waals surface area (Å²) in [4.78, 5) is 90.9. The van der Waals surface area contributed by atoms with Crippen molar-refractivity contribution in [2.75, 3.05) is 19.6 Å². The van der Waals surface area contributed by atoms with Crippen LogP contribution >= 0.6 is 45.1 Å². The normalized spacial score (nSPS) is 23.3. The average molecular weight is 1050 g/mol. The fourth-order valence-electron chi connectivity index (χ4n) is 8.25. The van der Waals surface area contributed by atoms with Crippen LogP contribution < -0.4 is 21.3 Å². The predicted molar refractivity (Wildman–Crippen MR) is 252 cm³/mol. The lowest BCUT2D eigenvalue weighted by Gasteiger charge is -2.38. The molecule has 0 amide bonds. The highest BCUT2D eigenvalue weighted by atomic mass is 33.1. The number of allylic oxidation sites excluding steroid dienone is 1. The molecule has 21 nitrogen and oxygen atoms in total. The smallest absolute Gasteiger partial charge is 0.478 e. The van der Waals surface area contributed by atoms with Gasteiger partial charge in [0.1, 0.15) is 29.8 Å². The van der Waals surface area contributed by atoms with Gasteiger partial charge in [0, 0.05) is 58.4 Å². The quantitative estimate of drug-likeness (QED) is 0.0144. The lowest BCUT2D eigenvalue weighted by Crippen LogP contribution is -2.34. The van der Waals surface area contributed by atoms with E-state index in [0.717, 1.165) is 39.0 Å². The Morgan fingerprint density at radius 2 is 1.71 bits per heavy atom. The minimum Gasteiger partial charge on any atom is -0.478 e. The van der Waals surface area contributed by atoms with Gasteiger partial charge < -0.3 is 44.2 Å². The van der Waals surface area contributed by atoms with Gasteiger partial charge in [-0.25, -0.2) is 23.3 Å². The molecule has 2 aromatic carbocycles. The molecule has 1 saturated heterocycles. The highest BCUT2D eigenvalue weighted by Gasteiger charge is 2.44. The van der Waals surface area contributed by atoms with Crippen molar-refractivity contribution in [2.24, 2.45) is 5.92 Å². The largest absolute Gasteiger partial charge is 0.490 e. The third-order valence-electron chi connectivity index (χ3n) is 11.6. The number of hydrogen-bond acceptors (Lipinski definition) is 16. The summed E-state index contributed by atoms with van der Waals surface area (Å²) in [5, 5.41) is 13.9. The van der Waals surface area contributed by atoms with Crippen LogP contribution in [0.2, 0.25) is 0 Å². The molecule has 0 radical (unpaired) electrons. The summed E-state index contributed by atoms with van der Waals surface area (Å²) in [7, 11) is -12.5. The Bertz CT molecular complexity index is 2770. The summed E-state index contributed by atoms with van der Waals surface area (Å²) in [6.45, 7) is 10.5. The summed E-state index contributed by atoms with van der Waals surface area (Å²) < 4.78 is 66.7. The van der Waals surface area contributed by atoms with Gasteiger partial charge in [-0.05, 0) is 89.4 Å². The maximum atomic E-state index is 13.8. The molecule has 1 aromatic heterocycles. The van der Waals surface area contributed by atoms with E-state index in [-0.39, 0.29) is 53.2 Å². The topological polar surface area (TPSA) is 309 Å². The van der Waals surface area contributed by atoms with Gasteiger partial charge in [0.05, 0.1) is 18.3 Å². The number of nitrogens with one attached hydrogen (secondary N) is 2. The van der Waals surface area contributed by atoms with Crippen molar-refractivity contribution in [3.63, 3.8) is 0 Å². The zero-order valence-corrected chi connectivity index (χ0v) is 42.3. The summed E-state index contributed by atoms with van der Waals surface area (Å²) >= 11 is 0. The van der Waals surface area contributed by atoms with Crippen molar-refractivity contribution in [3.05, 3.63) is 120 Å². The van der Waals surface area contributed by atoms with E-state index in [1.807, 2.05) is 46.9 Å². The number of likely N-dealkylation sites (N-methyl/N-ethyl adjacent to an activating group) is 1. The zero-order valence-electron chi connectivity index (χ0n) is 38.0. The first kappa shape index (κ1) is 53.9. The summed E-state index contributed by atoms with van der Waals surface area (Å²) in [6.07, 6.45) is 3.30. The van der Waals surface area contributed by atoms with Gasteiger partial charge >= 0.3 is 35.1 Å². The van der Waals surface area contributed by atoms with Gasteiger partial charge in [0.25, 0.3) is 5.56 Å². The minimum atomic E-state index is -5.80. The summed E-state index contributed by atoms with van der Waals surface area (Å²) in [5.74, 6) is -0.735. The van der Waals surface area contributed by atoms with Crippen LogP contribution in [0.25, 0.3) is 0 Å². The molecule has 372 valence electrons. The molecule has 6 unspecified atom stereocenters. The molecule has 3 heterocycles. The molecule has 6 rings (SSSR count). The number of aromatic amines is 1. The number of aromatic carboxylic acids is 1. The van der Waals surface area contributed by atoms with Gasteiger partial charge in [-0.3, -0.25) is 23.7 Å². The Labute approximate surface area is 398 Å². The van der Waals surface area contributed by atoms with E-state index in [1.54, 1.807) is 12.1 Å². The number of carbonyl (C=O) groups excluding carboxylic acids is 1. The number of carboxylic acids is 1. The molecule has 3 aromatic rings. The third-order valence-corrected chi connectivity index (χ3v) is 18.4. The van der Waals surface area contributed by atoms with E-state index >= 15 is 0 Å². The highest BCUT2D eigenvalue weighted by Crippen LogP contribution is 2.66. The number of rotatable bonds is 21. The van der Waals surface area contributed by atoms with Crippen molar-refractivity contribution >= 4 is 56.8 Å². The first-order valence-electron chi connectivity index (χ1n) is 21.2. The SMILES string of the molecule is CCc1cc2c(cc1C)C(c1ccc(C(=O)CCC(C)(C)SSCOC3C[C@H](n4cc(C)c(=O)[nH]c4=O)O[C@@H]3COP(=O)(O)OP(=O)(O)OP(=O)(O)O)cc1C(=O)O)C1C=C(C)C(NC)C=C1O2. The number of Topliss-reactive ketones (excluding diaryl/α,β-unsaturated/α-hetero) is 1. The Hall–Kier alpha value is -3.47. The van der Waals surface area contributed by atoms with Crippen LogP contribution in [0, 0.1) is 19.8 Å². The molecule has 0 spiro atoms. The number of fused-ring (bicyclic) bond motifs is 2. The van der Waals surface area contributed by atoms with E-state index < -0.39 is 76.4 Å². The van der Waals surface area contributed by atoms with E-state index in [9.17, 15) is 47.8 Å². The van der Waals surface area contributed by atoms with Crippen molar-refractivity contribution in [3.8, 4) is 5.75 Å². The molecular formula is C42H54N3O18P3S2. The molecule has 8 atom stereocenters. The minimum absolute atomic E-state index is 0.0208. The average Bonchev–Trinajstić information content (AvgIpc) is 3.65.